The highest BCUT2D eigenvalue weighted by Gasteiger charge is 2.77. The zero-order valence-electron chi connectivity index (χ0n) is 25.6. The molecule has 6 aliphatic rings. The molecule has 14 atom stereocenters. The van der Waals surface area contributed by atoms with Crippen molar-refractivity contribution in [1.29, 1.82) is 0 Å². The van der Waals surface area contributed by atoms with Crippen LogP contribution in [0.25, 0.3) is 0 Å². The Labute approximate surface area is 238 Å². The van der Waals surface area contributed by atoms with Crippen LogP contribution in [0.5, 0.6) is 0 Å². The topological polar surface area (TPSA) is 112 Å². The summed E-state index contributed by atoms with van der Waals surface area (Å²) >= 11 is 0. The number of rotatable bonds is 2. The van der Waals surface area contributed by atoms with Gasteiger partial charge >= 0.3 is 11.9 Å². The minimum atomic E-state index is -1.17. The molecule has 226 valence electrons. The Morgan fingerprint density at radius 1 is 0.875 bits per heavy atom. The quantitative estimate of drug-likeness (QED) is 0.477. The molecule has 0 aromatic rings. The maximum atomic E-state index is 12.3. The number of aliphatic hydroxyl groups excluding tert-OH is 1. The molecule has 2 saturated heterocycles. The third-order valence-corrected chi connectivity index (χ3v) is 13.1. The Hall–Kier alpha value is -1.22. The van der Waals surface area contributed by atoms with Crippen molar-refractivity contribution in [2.24, 2.45) is 46.3 Å². The number of carbonyl (C=O) groups excluding carboxylic acids is 2. The molecule has 4 aliphatic carbocycles. The molecule has 1 spiro atoms. The lowest BCUT2D eigenvalue weighted by molar-refractivity contribution is -0.300. The largest absolute Gasteiger partial charge is 0.459 e. The molecule has 2 aliphatic heterocycles. The first-order valence-corrected chi connectivity index (χ1v) is 15.6. The summed E-state index contributed by atoms with van der Waals surface area (Å²) in [4.78, 5) is 23.9. The van der Waals surface area contributed by atoms with Crippen molar-refractivity contribution < 1.29 is 38.7 Å². The summed E-state index contributed by atoms with van der Waals surface area (Å²) in [5.74, 6) is -0.733. The van der Waals surface area contributed by atoms with Gasteiger partial charge in [0.1, 0.15) is 17.8 Å². The molecule has 6 rings (SSSR count). The number of aliphatic hydroxyl groups is 2. The Bertz CT molecular complexity index is 1070. The van der Waals surface area contributed by atoms with E-state index in [0.29, 0.717) is 31.6 Å². The number of hydrogen-bond acceptors (Lipinski definition) is 8. The van der Waals surface area contributed by atoms with Crippen LogP contribution in [-0.2, 0) is 28.5 Å². The maximum absolute atomic E-state index is 12.3. The lowest BCUT2D eigenvalue weighted by Gasteiger charge is -2.63. The number of esters is 2. The van der Waals surface area contributed by atoms with Crippen LogP contribution >= 0.6 is 0 Å². The predicted octanol–water partition coefficient (Wildman–Crippen LogP) is 4.38. The normalized spacial score (nSPS) is 56.1. The van der Waals surface area contributed by atoms with Crippen LogP contribution in [0.15, 0.2) is 0 Å². The van der Waals surface area contributed by atoms with Gasteiger partial charge in [0.15, 0.2) is 5.79 Å². The molecule has 0 aromatic heterocycles. The van der Waals surface area contributed by atoms with Crippen LogP contribution in [0.1, 0.15) is 100 Å². The van der Waals surface area contributed by atoms with Crippen molar-refractivity contribution in [1.82, 2.24) is 0 Å². The van der Waals surface area contributed by atoms with Crippen molar-refractivity contribution in [2.75, 3.05) is 0 Å². The first-order valence-electron chi connectivity index (χ1n) is 15.6. The third kappa shape index (κ3) is 3.84. The molecule has 2 N–H and O–H groups in total. The van der Waals surface area contributed by atoms with Gasteiger partial charge in [0.05, 0.1) is 17.8 Å². The maximum Gasteiger partial charge on any atom is 0.303 e. The van der Waals surface area contributed by atoms with Crippen molar-refractivity contribution in [3.63, 3.8) is 0 Å². The van der Waals surface area contributed by atoms with Gasteiger partial charge in [0.25, 0.3) is 0 Å². The second-order valence-electron chi connectivity index (χ2n) is 15.7. The van der Waals surface area contributed by atoms with E-state index in [1.54, 1.807) is 0 Å². The fraction of sp³-hybridized carbons (Fsp3) is 0.938. The van der Waals surface area contributed by atoms with Crippen molar-refractivity contribution in [3.8, 4) is 0 Å². The van der Waals surface area contributed by atoms with Crippen LogP contribution in [0.4, 0.5) is 0 Å². The molecule has 14 unspecified atom stereocenters. The fourth-order valence-corrected chi connectivity index (χ4v) is 11.3. The number of carbonyl (C=O) groups is 2. The van der Waals surface area contributed by atoms with E-state index >= 15 is 0 Å². The molecule has 6 fully saturated rings. The molecular weight excluding hydrogens is 512 g/mol. The Kier molecular flexibility index (Phi) is 6.43. The van der Waals surface area contributed by atoms with E-state index in [-0.39, 0.29) is 64.1 Å². The number of hydrogen-bond donors (Lipinski definition) is 2. The molecule has 40 heavy (non-hydrogen) atoms. The Morgan fingerprint density at radius 2 is 1.52 bits per heavy atom. The zero-order valence-corrected chi connectivity index (χ0v) is 25.6. The molecule has 8 heteroatoms. The van der Waals surface area contributed by atoms with E-state index < -0.39 is 29.7 Å². The average molecular weight is 563 g/mol. The lowest BCUT2D eigenvalue weighted by Crippen LogP contribution is -2.63. The van der Waals surface area contributed by atoms with Gasteiger partial charge < -0.3 is 29.2 Å². The molecule has 4 saturated carbocycles. The van der Waals surface area contributed by atoms with E-state index in [0.717, 1.165) is 19.3 Å². The molecule has 0 bridgehead atoms. The van der Waals surface area contributed by atoms with Crippen molar-refractivity contribution in [3.05, 3.63) is 0 Å². The SMILES string of the molecule is CC(=O)OC1CC2CCC3C4CC5OC6(CC(C)C(C)(C)O6)C(C)(O)C5C4(C)CC(O)C3C2(C)CC1OC(C)=O. The standard InChI is InChI=1S/C32H50O8/c1-16-13-32(40-28(16,4)5)31(8,36)27-24(39-32)12-21-20-10-9-19-11-23(37-17(2)33)25(38-18(3)34)15-29(19,6)26(20)22(35)14-30(21,27)7/h16,19-27,35-36H,9-15H2,1-8H3. The minimum Gasteiger partial charge on any atom is -0.459 e. The molecule has 2 heterocycles. The number of fused-ring (bicyclic) bond motifs is 7. The number of ether oxygens (including phenoxy) is 4. The van der Waals surface area contributed by atoms with Gasteiger partial charge in [-0.3, -0.25) is 9.59 Å². The van der Waals surface area contributed by atoms with Crippen LogP contribution < -0.4 is 0 Å². The fourth-order valence-electron chi connectivity index (χ4n) is 11.3. The minimum absolute atomic E-state index is 0.0417. The summed E-state index contributed by atoms with van der Waals surface area (Å²) in [5.41, 5.74) is -2.09. The van der Waals surface area contributed by atoms with Crippen molar-refractivity contribution >= 4 is 11.9 Å². The van der Waals surface area contributed by atoms with Gasteiger partial charge in [-0.2, -0.15) is 0 Å². The lowest BCUT2D eigenvalue weighted by atomic mass is 9.43. The van der Waals surface area contributed by atoms with E-state index in [1.807, 2.05) is 6.92 Å². The zero-order chi connectivity index (χ0) is 29.2. The summed E-state index contributed by atoms with van der Waals surface area (Å²) < 4.78 is 24.8. The van der Waals surface area contributed by atoms with Crippen LogP contribution in [-0.4, -0.2) is 63.6 Å². The van der Waals surface area contributed by atoms with Gasteiger partial charge in [-0.05, 0) is 99.7 Å². The highest BCUT2D eigenvalue weighted by atomic mass is 16.7. The van der Waals surface area contributed by atoms with Gasteiger partial charge in [0, 0.05) is 26.2 Å². The molecule has 8 nitrogen and oxygen atoms in total. The van der Waals surface area contributed by atoms with E-state index in [2.05, 4.69) is 34.6 Å². The van der Waals surface area contributed by atoms with Crippen LogP contribution in [0, 0.1) is 46.3 Å². The second-order valence-corrected chi connectivity index (χ2v) is 15.7. The van der Waals surface area contributed by atoms with Crippen LogP contribution in [0.3, 0.4) is 0 Å². The summed E-state index contributed by atoms with van der Waals surface area (Å²) in [6, 6.07) is 0. The Morgan fingerprint density at radius 3 is 2.12 bits per heavy atom. The second kappa shape index (κ2) is 8.90. The highest BCUT2D eigenvalue weighted by molar-refractivity contribution is 5.67. The average Bonchev–Trinajstić information content (AvgIpc) is 3.30. The summed E-state index contributed by atoms with van der Waals surface area (Å²) in [7, 11) is 0. The Balaban J connectivity index is 1.30. The highest BCUT2D eigenvalue weighted by Crippen LogP contribution is 2.73. The van der Waals surface area contributed by atoms with E-state index in [4.69, 9.17) is 18.9 Å². The first-order chi connectivity index (χ1) is 18.4. The van der Waals surface area contributed by atoms with E-state index in [1.165, 1.54) is 13.8 Å². The molecule has 0 radical (unpaired) electrons. The molecule has 0 amide bonds. The summed E-state index contributed by atoms with van der Waals surface area (Å²) in [6.45, 7) is 15.6. The van der Waals surface area contributed by atoms with Gasteiger partial charge in [-0.25, -0.2) is 0 Å². The predicted molar refractivity (Wildman–Crippen MR) is 146 cm³/mol. The molecular formula is C32H50O8. The van der Waals surface area contributed by atoms with Gasteiger partial charge in [-0.15, -0.1) is 0 Å². The monoisotopic (exact) mass is 562 g/mol. The van der Waals surface area contributed by atoms with Crippen molar-refractivity contribution in [2.45, 2.75) is 142 Å². The third-order valence-electron chi connectivity index (χ3n) is 13.1. The van der Waals surface area contributed by atoms with Gasteiger partial charge in [-0.1, -0.05) is 20.8 Å². The smallest absolute Gasteiger partial charge is 0.303 e. The molecule has 0 aromatic carbocycles. The summed E-state index contributed by atoms with van der Waals surface area (Å²) in [6.07, 6.45) is 3.67. The first kappa shape index (κ1) is 28.9. The summed E-state index contributed by atoms with van der Waals surface area (Å²) in [5, 5.41) is 24.3. The van der Waals surface area contributed by atoms with Gasteiger partial charge in [0.2, 0.25) is 0 Å². The van der Waals surface area contributed by atoms with Crippen LogP contribution in [0.2, 0.25) is 0 Å². The van der Waals surface area contributed by atoms with E-state index in [9.17, 15) is 19.8 Å².